The Hall–Kier alpha value is -1.59. The van der Waals surface area contributed by atoms with E-state index in [1.807, 2.05) is 0 Å². The number of piperidine rings is 1. The van der Waals surface area contributed by atoms with Gasteiger partial charge in [0.05, 0.1) is 6.04 Å². The van der Waals surface area contributed by atoms with Crippen molar-refractivity contribution >= 4 is 18.3 Å². The number of carbonyl (C=O) groups is 3. The number of amides is 2. The van der Waals surface area contributed by atoms with E-state index in [4.69, 9.17) is 4.74 Å². The normalized spacial score (nSPS) is 24.8. The Kier molecular flexibility index (Phi) is 4.09. The Morgan fingerprint density at radius 3 is 2.71 bits per heavy atom. The van der Waals surface area contributed by atoms with Crippen molar-refractivity contribution in [3.05, 3.63) is 0 Å². The van der Waals surface area contributed by atoms with Crippen molar-refractivity contribution in [2.75, 3.05) is 6.54 Å². The molecule has 1 aliphatic rings. The zero-order valence-corrected chi connectivity index (χ0v) is 10.3. The van der Waals surface area contributed by atoms with E-state index in [0.29, 0.717) is 19.3 Å². The Morgan fingerprint density at radius 1 is 1.53 bits per heavy atom. The average molecular weight is 242 g/mol. The van der Waals surface area contributed by atoms with Crippen LogP contribution in [0.4, 0.5) is 4.79 Å². The van der Waals surface area contributed by atoms with E-state index in [9.17, 15) is 14.4 Å². The summed E-state index contributed by atoms with van der Waals surface area (Å²) in [4.78, 5) is 33.7. The molecule has 1 heterocycles. The molecule has 1 aliphatic heterocycles. The number of hydrogen-bond donors (Lipinski definition) is 2. The molecule has 0 spiro atoms. The second-order valence-electron chi connectivity index (χ2n) is 4.99. The van der Waals surface area contributed by atoms with E-state index in [2.05, 4.69) is 10.6 Å². The lowest BCUT2D eigenvalue weighted by atomic mass is 9.94. The predicted octanol–water partition coefficient (Wildman–Crippen LogP) is 0.215. The van der Waals surface area contributed by atoms with Crippen LogP contribution in [0.2, 0.25) is 0 Å². The molecule has 6 nitrogen and oxygen atoms in total. The van der Waals surface area contributed by atoms with Gasteiger partial charge >= 0.3 is 6.09 Å². The highest BCUT2D eigenvalue weighted by atomic mass is 16.6. The first-order valence-electron chi connectivity index (χ1n) is 5.56. The van der Waals surface area contributed by atoms with E-state index in [1.54, 1.807) is 20.8 Å². The summed E-state index contributed by atoms with van der Waals surface area (Å²) < 4.78 is 5.07. The average Bonchev–Trinajstić information content (AvgIpc) is 2.14. The maximum atomic E-state index is 11.5. The Labute approximate surface area is 100 Å². The van der Waals surface area contributed by atoms with Gasteiger partial charge in [0.2, 0.25) is 5.91 Å². The number of rotatable bonds is 2. The van der Waals surface area contributed by atoms with Gasteiger partial charge in [0.25, 0.3) is 0 Å². The van der Waals surface area contributed by atoms with Crippen molar-refractivity contribution in [1.82, 2.24) is 10.6 Å². The molecule has 1 saturated heterocycles. The molecule has 2 N–H and O–H groups in total. The van der Waals surface area contributed by atoms with Gasteiger partial charge in [-0.3, -0.25) is 4.79 Å². The first-order valence-corrected chi connectivity index (χ1v) is 5.56. The van der Waals surface area contributed by atoms with Gasteiger partial charge in [-0.25, -0.2) is 4.79 Å². The van der Waals surface area contributed by atoms with Gasteiger partial charge in [-0.1, -0.05) is 0 Å². The molecule has 1 rings (SSSR count). The maximum Gasteiger partial charge on any atom is 0.407 e. The molecule has 0 unspecified atom stereocenters. The third-order valence-electron chi connectivity index (χ3n) is 2.34. The van der Waals surface area contributed by atoms with Crippen molar-refractivity contribution < 1.29 is 19.1 Å². The summed E-state index contributed by atoms with van der Waals surface area (Å²) in [6, 6.07) is -0.490. The summed E-state index contributed by atoms with van der Waals surface area (Å²) in [6.07, 6.45) is 0.467. The van der Waals surface area contributed by atoms with Gasteiger partial charge in [0, 0.05) is 6.54 Å². The van der Waals surface area contributed by atoms with Crippen LogP contribution in [0.25, 0.3) is 0 Å². The lowest BCUT2D eigenvalue weighted by molar-refractivity contribution is -0.131. The van der Waals surface area contributed by atoms with Crippen molar-refractivity contribution in [1.29, 1.82) is 0 Å². The third-order valence-corrected chi connectivity index (χ3v) is 2.34. The largest absolute Gasteiger partial charge is 0.444 e. The summed E-state index contributed by atoms with van der Waals surface area (Å²) in [7, 11) is 0. The highest BCUT2D eigenvalue weighted by molar-refractivity contribution is 5.93. The second kappa shape index (κ2) is 5.16. The number of carbonyl (C=O) groups excluding carboxylic acids is 3. The van der Waals surface area contributed by atoms with Crippen molar-refractivity contribution in [2.45, 2.75) is 38.8 Å². The molecule has 2 amide bonds. The molecule has 1 fully saturated rings. The lowest BCUT2D eigenvalue weighted by Crippen LogP contribution is -2.53. The minimum atomic E-state index is -0.837. The fraction of sp³-hybridized carbons (Fsp3) is 0.727. The standard InChI is InChI=1S/C11H18N2O4/c1-11(2,3)17-10(16)13-8-4-5-12-9(15)7(8)6-14/h6-8H,4-5H2,1-3H3,(H,12,15)(H,13,16)/t7-,8+/m0/s1. The molecule has 0 aromatic heterocycles. The van der Waals surface area contributed by atoms with E-state index >= 15 is 0 Å². The molecule has 0 bridgehead atoms. The molecule has 0 saturated carbocycles. The third kappa shape index (κ3) is 4.05. The first-order chi connectivity index (χ1) is 7.83. The molecule has 2 atom stereocenters. The number of alkyl carbamates (subject to hydrolysis) is 1. The van der Waals surface area contributed by atoms with Gasteiger partial charge in [0.1, 0.15) is 17.8 Å². The van der Waals surface area contributed by atoms with Gasteiger partial charge in [0.15, 0.2) is 0 Å². The van der Waals surface area contributed by atoms with Crippen LogP contribution in [0.1, 0.15) is 27.2 Å². The fourth-order valence-electron chi connectivity index (χ4n) is 1.61. The number of aldehydes is 1. The van der Waals surface area contributed by atoms with Crippen LogP contribution in [0.15, 0.2) is 0 Å². The van der Waals surface area contributed by atoms with Crippen molar-refractivity contribution in [2.24, 2.45) is 5.92 Å². The minimum Gasteiger partial charge on any atom is -0.444 e. The van der Waals surface area contributed by atoms with E-state index in [0.717, 1.165) is 0 Å². The summed E-state index contributed by atoms with van der Waals surface area (Å²) in [5.74, 6) is -1.19. The molecule has 0 aliphatic carbocycles. The lowest BCUT2D eigenvalue weighted by Gasteiger charge is -2.29. The highest BCUT2D eigenvalue weighted by Gasteiger charge is 2.33. The Bertz CT molecular complexity index is 322. The van der Waals surface area contributed by atoms with Crippen LogP contribution in [-0.4, -0.2) is 36.5 Å². The van der Waals surface area contributed by atoms with Gasteiger partial charge in [-0.2, -0.15) is 0 Å². The quantitative estimate of drug-likeness (QED) is 0.535. The van der Waals surface area contributed by atoms with Crippen LogP contribution in [0, 0.1) is 5.92 Å². The Morgan fingerprint density at radius 2 is 2.18 bits per heavy atom. The summed E-state index contributed by atoms with van der Waals surface area (Å²) in [5, 5.41) is 5.13. The second-order valence-corrected chi connectivity index (χ2v) is 4.99. The molecule has 0 aromatic carbocycles. The fourth-order valence-corrected chi connectivity index (χ4v) is 1.61. The van der Waals surface area contributed by atoms with E-state index in [1.165, 1.54) is 0 Å². The SMILES string of the molecule is CC(C)(C)OC(=O)N[C@@H]1CCNC(=O)[C@H]1C=O. The molecular formula is C11H18N2O4. The van der Waals surface area contributed by atoms with Crippen LogP contribution in [0.5, 0.6) is 0 Å². The first kappa shape index (κ1) is 13.5. The topological polar surface area (TPSA) is 84.5 Å². The molecular weight excluding hydrogens is 224 g/mol. The molecule has 6 heteroatoms. The molecule has 17 heavy (non-hydrogen) atoms. The monoisotopic (exact) mass is 242 g/mol. The van der Waals surface area contributed by atoms with Crippen LogP contribution in [-0.2, 0) is 14.3 Å². The van der Waals surface area contributed by atoms with E-state index in [-0.39, 0.29) is 5.91 Å². The number of nitrogens with one attached hydrogen (secondary N) is 2. The van der Waals surface area contributed by atoms with E-state index < -0.39 is 23.7 Å². The van der Waals surface area contributed by atoms with Gasteiger partial charge < -0.3 is 20.2 Å². The minimum absolute atomic E-state index is 0.354. The van der Waals surface area contributed by atoms with Crippen LogP contribution in [0.3, 0.4) is 0 Å². The van der Waals surface area contributed by atoms with Gasteiger partial charge in [-0.15, -0.1) is 0 Å². The highest BCUT2D eigenvalue weighted by Crippen LogP contribution is 2.12. The number of hydrogen-bond acceptors (Lipinski definition) is 4. The van der Waals surface area contributed by atoms with Crippen molar-refractivity contribution in [3.63, 3.8) is 0 Å². The zero-order valence-electron chi connectivity index (χ0n) is 10.3. The maximum absolute atomic E-state index is 11.5. The summed E-state index contributed by atoms with van der Waals surface area (Å²) in [6.45, 7) is 5.69. The smallest absolute Gasteiger partial charge is 0.407 e. The molecule has 0 radical (unpaired) electrons. The predicted molar refractivity (Wildman–Crippen MR) is 60.3 cm³/mol. The zero-order chi connectivity index (χ0) is 13.1. The molecule has 96 valence electrons. The van der Waals surface area contributed by atoms with Crippen molar-refractivity contribution in [3.8, 4) is 0 Å². The summed E-state index contributed by atoms with van der Waals surface area (Å²) >= 11 is 0. The number of ether oxygens (including phenoxy) is 1. The van der Waals surface area contributed by atoms with Crippen LogP contribution >= 0.6 is 0 Å². The van der Waals surface area contributed by atoms with Gasteiger partial charge in [-0.05, 0) is 27.2 Å². The Balaban J connectivity index is 2.57. The van der Waals surface area contributed by atoms with Crippen LogP contribution < -0.4 is 10.6 Å². The molecule has 0 aromatic rings. The summed E-state index contributed by atoms with van der Waals surface area (Å²) in [5.41, 5.74) is -0.600.